The minimum Gasteiger partial charge on any atom is -0.383 e. The van der Waals surface area contributed by atoms with E-state index in [-0.39, 0.29) is 24.1 Å². The fourth-order valence-corrected chi connectivity index (χ4v) is 3.76. The van der Waals surface area contributed by atoms with E-state index in [1.54, 1.807) is 0 Å². The minimum absolute atomic E-state index is 0.0425. The van der Waals surface area contributed by atoms with Gasteiger partial charge in [0.15, 0.2) is 0 Å². The third kappa shape index (κ3) is 3.76. The predicted molar refractivity (Wildman–Crippen MR) is 107 cm³/mol. The molecule has 146 valence electrons. The van der Waals surface area contributed by atoms with Crippen molar-refractivity contribution >= 4 is 29.4 Å². The second kappa shape index (κ2) is 7.84. The Morgan fingerprint density at radius 2 is 1.96 bits per heavy atom. The number of amides is 2. The molecule has 4 rings (SSSR count). The standard InChI is InChI=1S/C20H24N6O2/c21-17-16-14(19(28)22-9-8-13-6-2-1-3-7-13)12-15(27)23-18(16)25-20(24-17)26-10-4-5-11-26/h1-3,6-7,14H,4-5,8-12H2,(H,22,28)(H3,21,23,24,25,27). The number of nitrogens with two attached hydrogens (primary N) is 1. The lowest BCUT2D eigenvalue weighted by Crippen LogP contribution is -2.37. The molecule has 0 bridgehead atoms. The highest BCUT2D eigenvalue weighted by atomic mass is 16.2. The summed E-state index contributed by atoms with van der Waals surface area (Å²) in [7, 11) is 0. The van der Waals surface area contributed by atoms with Crippen LogP contribution in [-0.2, 0) is 16.0 Å². The van der Waals surface area contributed by atoms with Gasteiger partial charge in [-0.2, -0.15) is 9.97 Å². The zero-order chi connectivity index (χ0) is 19.5. The summed E-state index contributed by atoms with van der Waals surface area (Å²) < 4.78 is 0. The molecule has 0 radical (unpaired) electrons. The monoisotopic (exact) mass is 380 g/mol. The zero-order valence-electron chi connectivity index (χ0n) is 15.6. The number of rotatable bonds is 5. The van der Waals surface area contributed by atoms with Gasteiger partial charge >= 0.3 is 0 Å². The quantitative estimate of drug-likeness (QED) is 0.723. The normalized spacial score (nSPS) is 18.5. The van der Waals surface area contributed by atoms with Gasteiger partial charge in [0.2, 0.25) is 17.8 Å². The van der Waals surface area contributed by atoms with E-state index in [1.165, 1.54) is 0 Å². The average Bonchev–Trinajstić information content (AvgIpc) is 3.22. The molecule has 0 aliphatic carbocycles. The molecule has 2 aliphatic rings. The Balaban J connectivity index is 1.50. The van der Waals surface area contributed by atoms with Crippen molar-refractivity contribution in [1.82, 2.24) is 15.3 Å². The number of nitrogen functional groups attached to an aromatic ring is 1. The van der Waals surface area contributed by atoms with Gasteiger partial charge in [0, 0.05) is 26.1 Å². The third-order valence-corrected chi connectivity index (χ3v) is 5.22. The summed E-state index contributed by atoms with van der Waals surface area (Å²) in [5, 5.41) is 5.67. The molecule has 0 saturated carbocycles. The van der Waals surface area contributed by atoms with Gasteiger partial charge in [0.05, 0.1) is 11.5 Å². The van der Waals surface area contributed by atoms with Crippen molar-refractivity contribution in [3.05, 3.63) is 41.5 Å². The van der Waals surface area contributed by atoms with Crippen molar-refractivity contribution in [2.45, 2.75) is 31.6 Å². The number of benzene rings is 1. The number of aromatic nitrogens is 2. The first-order valence-corrected chi connectivity index (χ1v) is 9.65. The largest absolute Gasteiger partial charge is 0.383 e. The first kappa shape index (κ1) is 18.2. The van der Waals surface area contributed by atoms with Crippen LogP contribution in [0.2, 0.25) is 0 Å². The molecule has 3 heterocycles. The molecule has 4 N–H and O–H groups in total. The van der Waals surface area contributed by atoms with Crippen LogP contribution in [0.3, 0.4) is 0 Å². The fraction of sp³-hybridized carbons (Fsp3) is 0.400. The van der Waals surface area contributed by atoms with Gasteiger partial charge in [-0.25, -0.2) is 0 Å². The van der Waals surface area contributed by atoms with Crippen molar-refractivity contribution in [2.24, 2.45) is 0 Å². The van der Waals surface area contributed by atoms with E-state index in [1.807, 2.05) is 35.2 Å². The molecular formula is C20H24N6O2. The molecule has 1 fully saturated rings. The molecule has 2 aromatic rings. The Bertz CT molecular complexity index is 880. The Morgan fingerprint density at radius 3 is 2.71 bits per heavy atom. The molecule has 2 amide bonds. The number of nitrogens with one attached hydrogen (secondary N) is 2. The highest BCUT2D eigenvalue weighted by Crippen LogP contribution is 2.36. The van der Waals surface area contributed by atoms with E-state index in [0.29, 0.717) is 23.9 Å². The highest BCUT2D eigenvalue weighted by molar-refractivity contribution is 6.01. The Hall–Kier alpha value is -3.16. The molecule has 0 spiro atoms. The van der Waals surface area contributed by atoms with Crippen molar-refractivity contribution in [1.29, 1.82) is 0 Å². The molecule has 2 aliphatic heterocycles. The smallest absolute Gasteiger partial charge is 0.229 e. The summed E-state index contributed by atoms with van der Waals surface area (Å²) in [6, 6.07) is 9.92. The molecule has 8 nitrogen and oxygen atoms in total. The number of anilines is 3. The van der Waals surface area contributed by atoms with Crippen molar-refractivity contribution in [2.75, 3.05) is 35.6 Å². The van der Waals surface area contributed by atoms with Gasteiger partial charge in [-0.3, -0.25) is 9.59 Å². The first-order chi connectivity index (χ1) is 13.6. The summed E-state index contributed by atoms with van der Waals surface area (Å²) in [6.45, 7) is 2.23. The minimum atomic E-state index is -0.674. The number of carbonyl (C=O) groups is 2. The van der Waals surface area contributed by atoms with Gasteiger partial charge in [0.25, 0.3) is 0 Å². The summed E-state index contributed by atoms with van der Waals surface area (Å²) in [5.41, 5.74) is 7.85. The number of fused-ring (bicyclic) bond motifs is 1. The summed E-state index contributed by atoms with van der Waals surface area (Å²) >= 11 is 0. The summed E-state index contributed by atoms with van der Waals surface area (Å²) in [6.07, 6.45) is 2.93. The second-order valence-corrected chi connectivity index (χ2v) is 7.20. The second-order valence-electron chi connectivity index (χ2n) is 7.20. The van der Waals surface area contributed by atoms with Gasteiger partial charge in [-0.05, 0) is 24.8 Å². The molecule has 28 heavy (non-hydrogen) atoms. The molecule has 1 atom stereocenters. The number of carbonyl (C=O) groups excluding carboxylic acids is 2. The number of hydrogen-bond donors (Lipinski definition) is 3. The van der Waals surface area contributed by atoms with Crippen LogP contribution in [0, 0.1) is 0 Å². The SMILES string of the molecule is Nc1nc(N2CCCC2)nc2c1C(C(=O)NCCc1ccccc1)CC(=O)N2. The number of nitrogens with zero attached hydrogens (tertiary/aromatic N) is 3. The van der Waals surface area contributed by atoms with Crippen LogP contribution >= 0.6 is 0 Å². The maximum absolute atomic E-state index is 12.8. The first-order valence-electron chi connectivity index (χ1n) is 9.65. The van der Waals surface area contributed by atoms with Gasteiger partial charge in [-0.1, -0.05) is 30.3 Å². The molecular weight excluding hydrogens is 356 g/mol. The van der Waals surface area contributed by atoms with Gasteiger partial charge < -0.3 is 21.3 Å². The molecule has 1 aromatic carbocycles. The zero-order valence-corrected chi connectivity index (χ0v) is 15.6. The lowest BCUT2D eigenvalue weighted by Gasteiger charge is -2.26. The Kier molecular flexibility index (Phi) is 5.10. The Labute approximate surface area is 163 Å². The molecule has 1 unspecified atom stereocenters. The molecule has 1 saturated heterocycles. The van der Waals surface area contributed by atoms with Crippen LogP contribution in [0.15, 0.2) is 30.3 Å². The maximum Gasteiger partial charge on any atom is 0.229 e. The van der Waals surface area contributed by atoms with E-state index in [9.17, 15) is 9.59 Å². The summed E-state index contributed by atoms with van der Waals surface area (Å²) in [4.78, 5) is 35.9. The van der Waals surface area contributed by atoms with Crippen LogP contribution in [-0.4, -0.2) is 41.4 Å². The Morgan fingerprint density at radius 1 is 1.21 bits per heavy atom. The van der Waals surface area contributed by atoms with E-state index in [0.717, 1.165) is 37.9 Å². The average molecular weight is 380 g/mol. The van der Waals surface area contributed by atoms with Gasteiger partial charge in [0.1, 0.15) is 11.6 Å². The lowest BCUT2D eigenvalue weighted by molar-refractivity contribution is -0.126. The molecule has 8 heteroatoms. The van der Waals surface area contributed by atoms with Crippen molar-refractivity contribution in [3.63, 3.8) is 0 Å². The van der Waals surface area contributed by atoms with Crippen molar-refractivity contribution in [3.8, 4) is 0 Å². The highest BCUT2D eigenvalue weighted by Gasteiger charge is 2.35. The van der Waals surface area contributed by atoms with E-state index in [4.69, 9.17) is 5.73 Å². The van der Waals surface area contributed by atoms with Crippen LogP contribution in [0.1, 0.15) is 36.3 Å². The van der Waals surface area contributed by atoms with Gasteiger partial charge in [-0.15, -0.1) is 0 Å². The maximum atomic E-state index is 12.8. The molecule has 1 aromatic heterocycles. The number of hydrogen-bond acceptors (Lipinski definition) is 6. The van der Waals surface area contributed by atoms with E-state index >= 15 is 0 Å². The van der Waals surface area contributed by atoms with E-state index < -0.39 is 5.92 Å². The fourth-order valence-electron chi connectivity index (χ4n) is 3.76. The lowest BCUT2D eigenvalue weighted by atomic mass is 9.92. The van der Waals surface area contributed by atoms with Crippen LogP contribution in [0.5, 0.6) is 0 Å². The summed E-state index contributed by atoms with van der Waals surface area (Å²) in [5.74, 6) is -0.00672. The van der Waals surface area contributed by atoms with Crippen LogP contribution in [0.4, 0.5) is 17.6 Å². The predicted octanol–water partition coefficient (Wildman–Crippen LogP) is 1.44. The third-order valence-electron chi connectivity index (χ3n) is 5.22. The van der Waals surface area contributed by atoms with E-state index in [2.05, 4.69) is 20.6 Å². The van der Waals surface area contributed by atoms with Crippen LogP contribution < -0.4 is 21.3 Å². The van der Waals surface area contributed by atoms with Crippen LogP contribution in [0.25, 0.3) is 0 Å². The topological polar surface area (TPSA) is 113 Å². The van der Waals surface area contributed by atoms with Crippen molar-refractivity contribution < 1.29 is 9.59 Å².